The maximum absolute atomic E-state index is 13.0. The van der Waals surface area contributed by atoms with E-state index < -0.39 is 33.6 Å². The number of halogens is 1. The smallest absolute Gasteiger partial charge is 0.136 e. The third kappa shape index (κ3) is 7.48. The number of benzene rings is 4. The Balaban J connectivity index is 0.000000227. The Labute approximate surface area is 324 Å². The van der Waals surface area contributed by atoms with Gasteiger partial charge in [0.25, 0.3) is 0 Å². The van der Waals surface area contributed by atoms with Crippen LogP contribution in [0.25, 0.3) is 66.4 Å². The molecule has 0 atom stereocenters. The monoisotopic (exact) mass is 877 g/mol. The van der Waals surface area contributed by atoms with E-state index in [-0.39, 0.29) is 37.0 Å². The fraction of sp³-hybridized carbons (Fsp3) is 0.227. The van der Waals surface area contributed by atoms with E-state index in [4.69, 9.17) is 19.8 Å². The van der Waals surface area contributed by atoms with Crippen LogP contribution in [0.4, 0.5) is 4.39 Å². The Kier molecular flexibility index (Phi) is 7.46. The summed E-state index contributed by atoms with van der Waals surface area (Å²) in [7, 11) is -1.85. The quantitative estimate of drug-likeness (QED) is 0.131. The Morgan fingerprint density at radius 3 is 2.20 bits per heavy atom. The molecule has 0 fully saturated rings. The van der Waals surface area contributed by atoms with Gasteiger partial charge in [-0.2, -0.15) is 0 Å². The Hall–Kier alpha value is -4.42. The number of aromatic nitrogens is 2. The molecule has 4 aromatic carbocycles. The summed E-state index contributed by atoms with van der Waals surface area (Å²) in [5.74, 6) is -0.358. The molecule has 4 heterocycles. The summed E-state index contributed by atoms with van der Waals surface area (Å²) in [5, 5.41) is 4.52. The molecule has 0 aliphatic carbocycles. The number of para-hydroxylation sites is 1. The summed E-state index contributed by atoms with van der Waals surface area (Å²) in [6.07, 6.45) is 0.755. The van der Waals surface area contributed by atoms with Crippen LogP contribution >= 0.6 is 0 Å². The van der Waals surface area contributed by atoms with Crippen molar-refractivity contribution in [3.05, 3.63) is 126 Å². The van der Waals surface area contributed by atoms with Gasteiger partial charge in [-0.05, 0) is 66.2 Å². The summed E-state index contributed by atoms with van der Waals surface area (Å²) in [4.78, 5) is 8.67. The van der Waals surface area contributed by atoms with Gasteiger partial charge in [0.15, 0.2) is 0 Å². The molecule has 8 aromatic rings. The van der Waals surface area contributed by atoms with E-state index in [0.29, 0.717) is 39.2 Å². The Bertz CT molecular complexity index is 2840. The van der Waals surface area contributed by atoms with Crippen LogP contribution < -0.4 is 5.19 Å². The molecule has 0 unspecified atom stereocenters. The molecule has 51 heavy (non-hydrogen) atoms. The molecule has 0 aliphatic heterocycles. The number of aryl methyl sites for hydroxylation is 2. The van der Waals surface area contributed by atoms with Crippen molar-refractivity contribution in [1.29, 1.82) is 0 Å². The van der Waals surface area contributed by atoms with Crippen molar-refractivity contribution in [1.82, 2.24) is 9.97 Å². The average Bonchev–Trinajstić information content (AvgIpc) is 3.69. The van der Waals surface area contributed by atoms with Gasteiger partial charge < -0.3 is 18.8 Å². The van der Waals surface area contributed by atoms with E-state index in [9.17, 15) is 4.39 Å². The summed E-state index contributed by atoms with van der Waals surface area (Å²) in [6, 6.07) is 29.0. The van der Waals surface area contributed by atoms with E-state index >= 15 is 0 Å². The first-order chi connectivity index (χ1) is 26.9. The van der Waals surface area contributed by atoms with Gasteiger partial charge in [0.1, 0.15) is 16.7 Å². The molecular formula is C44H41FIrN2O2Si-2. The van der Waals surface area contributed by atoms with Gasteiger partial charge in [-0.3, -0.25) is 4.39 Å². The summed E-state index contributed by atoms with van der Waals surface area (Å²) >= 11 is 0. The predicted molar refractivity (Wildman–Crippen MR) is 207 cm³/mol. The minimum Gasteiger partial charge on any atom is -0.501 e. The molecule has 0 saturated heterocycles. The van der Waals surface area contributed by atoms with E-state index in [1.807, 2.05) is 48.5 Å². The molecule has 0 saturated carbocycles. The third-order valence-electron chi connectivity index (χ3n) is 8.36. The Morgan fingerprint density at radius 1 is 0.784 bits per heavy atom. The van der Waals surface area contributed by atoms with Gasteiger partial charge >= 0.3 is 0 Å². The number of pyridine rings is 2. The van der Waals surface area contributed by atoms with Crippen molar-refractivity contribution >= 4 is 57.1 Å². The van der Waals surface area contributed by atoms with E-state index in [0.717, 1.165) is 37.9 Å². The molecule has 0 amide bonds. The number of fused-ring (bicyclic) bond motifs is 6. The minimum atomic E-state index is -2.51. The van der Waals surface area contributed by atoms with Crippen LogP contribution in [0.2, 0.25) is 19.6 Å². The number of rotatable bonds is 4. The van der Waals surface area contributed by atoms with Gasteiger partial charge in [-0.15, -0.1) is 48.0 Å². The van der Waals surface area contributed by atoms with Crippen LogP contribution in [-0.2, 0) is 26.5 Å². The molecular weight excluding hydrogens is 828 g/mol. The second kappa shape index (κ2) is 13.9. The minimum absolute atomic E-state index is 0. The molecule has 0 aliphatic rings. The maximum atomic E-state index is 13.0. The maximum Gasteiger partial charge on any atom is 0.136 e. The fourth-order valence-electron chi connectivity index (χ4n) is 6.04. The number of nitrogens with zero attached hydrogens (tertiary/aromatic N) is 2. The zero-order chi connectivity index (χ0) is 42.2. The van der Waals surface area contributed by atoms with Crippen LogP contribution in [0.15, 0.2) is 100 Å². The standard InChI is InChI=1S/C29H24NO2.C15H17FNSi.Ir/c1-17-16-30-24(12-18(17)15-29(2,3)4)21-10-7-9-20-23-14-26-22(13-27(23)32-28(20)21)19-8-5-6-11-25(19)31-26;1-11-10-17-14(9-15(11)18(2,3)4)12-5-7-13(16)8-6-12;/h5-9,11-14,16H,15H2,1-4H3;5,7-10H,1-4H3;/q2*-1;/i1D3,15D2;1D3;. The summed E-state index contributed by atoms with van der Waals surface area (Å²) in [5.41, 5.74) is 4.47. The molecule has 261 valence electrons. The second-order valence-corrected chi connectivity index (χ2v) is 19.5. The van der Waals surface area contributed by atoms with Crippen LogP contribution in [0, 0.1) is 37.1 Å². The van der Waals surface area contributed by atoms with E-state index in [2.05, 4.69) is 41.7 Å². The normalized spacial score (nSPS) is 15.0. The summed E-state index contributed by atoms with van der Waals surface area (Å²) in [6.45, 7) is 6.85. The molecule has 0 spiro atoms. The van der Waals surface area contributed by atoms with Gasteiger partial charge in [0.05, 0.1) is 13.7 Å². The van der Waals surface area contributed by atoms with E-state index in [1.165, 1.54) is 30.6 Å². The molecule has 0 N–H and O–H groups in total. The molecule has 0 bridgehead atoms. The zero-order valence-electron chi connectivity index (χ0n) is 37.1. The number of hydrogen-bond donors (Lipinski definition) is 0. The predicted octanol–water partition coefficient (Wildman–Crippen LogP) is 11.8. The zero-order valence-corrected chi connectivity index (χ0v) is 32.5. The van der Waals surface area contributed by atoms with Crippen LogP contribution in [0.1, 0.15) is 48.4 Å². The molecule has 1 radical (unpaired) electrons. The van der Waals surface area contributed by atoms with Crippen molar-refractivity contribution in [2.75, 3.05) is 0 Å². The number of hydrogen-bond acceptors (Lipinski definition) is 4. The molecule has 4 aromatic heterocycles. The van der Waals surface area contributed by atoms with Crippen molar-refractivity contribution in [3.8, 4) is 22.5 Å². The summed E-state index contributed by atoms with van der Waals surface area (Å²) < 4.78 is 89.9. The SMILES string of the molecule is [2H]C([2H])([2H])c1cnc(-c2[c-]cc(F)cc2)cc1[Si](C)(C)C.[2H]C([2H])([2H])c1cnc(-c2[c-]ccc3c2oc2cc4c(cc23)oc2ccccc24)cc1C([2H])([2H])C(C)(C)C.[Ir]. The largest absolute Gasteiger partial charge is 0.501 e. The topological polar surface area (TPSA) is 52.1 Å². The molecule has 4 nitrogen and oxygen atoms in total. The first-order valence-electron chi connectivity index (χ1n) is 20.3. The van der Waals surface area contributed by atoms with Crippen molar-refractivity contribution in [2.24, 2.45) is 5.41 Å². The first kappa shape index (κ1) is 27.3. The second-order valence-electron chi connectivity index (χ2n) is 14.4. The average molecular weight is 877 g/mol. The molecule has 8 rings (SSSR count). The Morgan fingerprint density at radius 2 is 1.49 bits per heavy atom. The number of furan rings is 2. The van der Waals surface area contributed by atoms with Crippen molar-refractivity contribution in [3.63, 3.8) is 0 Å². The van der Waals surface area contributed by atoms with Gasteiger partial charge in [-0.1, -0.05) is 92.4 Å². The fourth-order valence-corrected chi connectivity index (χ4v) is 7.48. The van der Waals surface area contributed by atoms with Crippen molar-refractivity contribution in [2.45, 2.75) is 60.5 Å². The third-order valence-corrected chi connectivity index (χ3v) is 10.4. The molecule has 7 heteroatoms. The van der Waals surface area contributed by atoms with Crippen LogP contribution in [0.5, 0.6) is 0 Å². The van der Waals surface area contributed by atoms with E-state index in [1.54, 1.807) is 32.9 Å². The van der Waals surface area contributed by atoms with Gasteiger partial charge in [-0.25, -0.2) is 0 Å². The van der Waals surface area contributed by atoms with Gasteiger partial charge in [0.2, 0.25) is 0 Å². The van der Waals surface area contributed by atoms with Crippen molar-refractivity contribution < 1.29 is 44.3 Å². The van der Waals surface area contributed by atoms with Crippen LogP contribution in [0.3, 0.4) is 0 Å². The van der Waals surface area contributed by atoms with Crippen LogP contribution in [-0.4, -0.2) is 18.0 Å². The first-order valence-corrected chi connectivity index (χ1v) is 19.8. The van der Waals surface area contributed by atoms with Gasteiger partial charge in [0, 0.05) is 65.4 Å².